The largest absolute Gasteiger partial charge is 0.478 e. The molecule has 0 bridgehead atoms. The summed E-state index contributed by atoms with van der Waals surface area (Å²) in [5.41, 5.74) is 0.862. The number of carbonyl (C=O) groups is 2. The molecule has 0 fully saturated rings. The summed E-state index contributed by atoms with van der Waals surface area (Å²) in [5.74, 6) is -0.693. The lowest BCUT2D eigenvalue weighted by atomic mass is 10.1. The van der Waals surface area contributed by atoms with E-state index in [4.69, 9.17) is 5.11 Å². The van der Waals surface area contributed by atoms with Gasteiger partial charge in [-0.15, -0.1) is 0 Å². The van der Waals surface area contributed by atoms with E-state index in [1.165, 1.54) is 6.08 Å². The summed E-state index contributed by atoms with van der Waals surface area (Å²) in [4.78, 5) is 21.2. The number of ketones is 1. The van der Waals surface area contributed by atoms with Crippen LogP contribution in [0, 0.1) is 0 Å². The average molecular weight is 222 g/mol. The van der Waals surface area contributed by atoms with E-state index in [2.05, 4.69) is 0 Å². The number of carboxylic acid groups (broad SMARTS) is 1. The standard InChI is InChI=1S/C13H18O3/c1-3-12(14)8-6-4-5-7-11(2)9-10-13(15)16/h4-5,7,9-10H,3,6,8H2,1-2H3,(H,15,16)/b5-4+,10-9+,11-7+. The first-order chi connectivity index (χ1) is 7.56. The van der Waals surface area contributed by atoms with Crippen molar-refractivity contribution in [1.82, 2.24) is 0 Å². The van der Waals surface area contributed by atoms with Gasteiger partial charge in [0, 0.05) is 18.9 Å². The molecule has 0 spiro atoms. The first kappa shape index (κ1) is 14.4. The van der Waals surface area contributed by atoms with Crippen molar-refractivity contribution in [2.24, 2.45) is 0 Å². The van der Waals surface area contributed by atoms with E-state index >= 15 is 0 Å². The number of hydrogen-bond acceptors (Lipinski definition) is 2. The summed E-state index contributed by atoms with van der Waals surface area (Å²) >= 11 is 0. The van der Waals surface area contributed by atoms with E-state index in [1.54, 1.807) is 0 Å². The SMILES string of the molecule is CCC(=O)CC/C=C/C=C(C)/C=C/C(=O)O. The van der Waals surface area contributed by atoms with Crippen LogP contribution in [-0.2, 0) is 9.59 Å². The van der Waals surface area contributed by atoms with Crippen LogP contribution >= 0.6 is 0 Å². The molecular formula is C13H18O3. The van der Waals surface area contributed by atoms with Crippen molar-refractivity contribution in [3.05, 3.63) is 36.0 Å². The van der Waals surface area contributed by atoms with Gasteiger partial charge in [-0.25, -0.2) is 4.79 Å². The Balaban J connectivity index is 3.93. The molecule has 0 aromatic rings. The Morgan fingerprint density at radius 1 is 1.25 bits per heavy atom. The van der Waals surface area contributed by atoms with Crippen molar-refractivity contribution in [2.75, 3.05) is 0 Å². The molecule has 0 aliphatic heterocycles. The van der Waals surface area contributed by atoms with Gasteiger partial charge in [0.15, 0.2) is 0 Å². The summed E-state index contributed by atoms with van der Waals surface area (Å²) in [6.07, 6.45) is 10.1. The molecule has 0 heterocycles. The van der Waals surface area contributed by atoms with Gasteiger partial charge in [0.1, 0.15) is 5.78 Å². The molecule has 0 unspecified atom stereocenters. The predicted octanol–water partition coefficient (Wildman–Crippen LogP) is 2.89. The molecule has 0 amide bonds. The first-order valence-corrected chi connectivity index (χ1v) is 5.32. The van der Waals surface area contributed by atoms with E-state index in [0.717, 1.165) is 18.1 Å². The van der Waals surface area contributed by atoms with Crippen LogP contribution in [0.5, 0.6) is 0 Å². The van der Waals surface area contributed by atoms with Crippen LogP contribution in [0.25, 0.3) is 0 Å². The Bertz CT molecular complexity index is 322. The van der Waals surface area contributed by atoms with Gasteiger partial charge in [0.2, 0.25) is 0 Å². The number of rotatable bonds is 7. The molecule has 0 saturated carbocycles. The van der Waals surface area contributed by atoms with Gasteiger partial charge in [-0.05, 0) is 13.3 Å². The van der Waals surface area contributed by atoms with Gasteiger partial charge in [0.25, 0.3) is 0 Å². The maximum Gasteiger partial charge on any atom is 0.328 e. The zero-order valence-electron chi connectivity index (χ0n) is 9.77. The molecule has 0 aliphatic carbocycles. The highest BCUT2D eigenvalue weighted by Crippen LogP contribution is 1.99. The van der Waals surface area contributed by atoms with Crippen molar-refractivity contribution in [1.29, 1.82) is 0 Å². The van der Waals surface area contributed by atoms with E-state index in [1.807, 2.05) is 32.1 Å². The second-order valence-electron chi connectivity index (χ2n) is 3.44. The van der Waals surface area contributed by atoms with Crippen LogP contribution in [0.1, 0.15) is 33.1 Å². The van der Waals surface area contributed by atoms with Crippen LogP contribution in [0.4, 0.5) is 0 Å². The van der Waals surface area contributed by atoms with E-state index < -0.39 is 5.97 Å². The smallest absolute Gasteiger partial charge is 0.328 e. The van der Waals surface area contributed by atoms with Gasteiger partial charge >= 0.3 is 5.97 Å². The van der Waals surface area contributed by atoms with Crippen molar-refractivity contribution in [2.45, 2.75) is 33.1 Å². The van der Waals surface area contributed by atoms with Crippen LogP contribution in [0.3, 0.4) is 0 Å². The average Bonchev–Trinajstić information content (AvgIpc) is 2.25. The topological polar surface area (TPSA) is 54.4 Å². The Kier molecular flexibility index (Phi) is 7.76. The summed E-state index contributed by atoms with van der Waals surface area (Å²) in [6.45, 7) is 3.67. The highest BCUT2D eigenvalue weighted by atomic mass is 16.4. The Morgan fingerprint density at radius 2 is 1.94 bits per heavy atom. The van der Waals surface area contributed by atoms with Gasteiger partial charge in [-0.1, -0.05) is 36.8 Å². The molecule has 0 rings (SSSR count). The zero-order valence-corrected chi connectivity index (χ0v) is 9.77. The summed E-state index contributed by atoms with van der Waals surface area (Å²) in [6, 6.07) is 0. The monoisotopic (exact) mass is 222 g/mol. The van der Waals surface area contributed by atoms with Crippen molar-refractivity contribution in [3.8, 4) is 0 Å². The third-order valence-corrected chi connectivity index (χ3v) is 1.97. The van der Waals surface area contributed by atoms with Gasteiger partial charge < -0.3 is 5.11 Å². The number of Topliss-reactive ketones (excluding diaryl/α,β-unsaturated/α-hetero) is 1. The third-order valence-electron chi connectivity index (χ3n) is 1.97. The molecule has 16 heavy (non-hydrogen) atoms. The minimum absolute atomic E-state index is 0.260. The predicted molar refractivity (Wildman–Crippen MR) is 64.2 cm³/mol. The summed E-state index contributed by atoms with van der Waals surface area (Å²) in [5, 5.41) is 8.39. The summed E-state index contributed by atoms with van der Waals surface area (Å²) in [7, 11) is 0. The maximum absolute atomic E-state index is 11.0. The Hall–Kier alpha value is -1.64. The molecular weight excluding hydrogens is 204 g/mol. The highest BCUT2D eigenvalue weighted by molar-refractivity contribution is 5.80. The number of aliphatic carboxylic acids is 1. The number of allylic oxidation sites excluding steroid dienone is 5. The minimum Gasteiger partial charge on any atom is -0.478 e. The fraction of sp³-hybridized carbons (Fsp3) is 0.385. The Labute approximate surface area is 96.2 Å². The molecule has 0 aromatic heterocycles. The highest BCUT2D eigenvalue weighted by Gasteiger charge is 1.93. The molecule has 0 radical (unpaired) electrons. The van der Waals surface area contributed by atoms with Crippen LogP contribution in [-0.4, -0.2) is 16.9 Å². The second kappa shape index (κ2) is 8.65. The molecule has 3 nitrogen and oxygen atoms in total. The maximum atomic E-state index is 11.0. The lowest BCUT2D eigenvalue weighted by molar-refractivity contribution is -0.131. The third kappa shape index (κ3) is 8.94. The van der Waals surface area contributed by atoms with Gasteiger partial charge in [-0.2, -0.15) is 0 Å². The minimum atomic E-state index is -0.953. The number of carboxylic acids is 1. The molecule has 0 aromatic carbocycles. The molecule has 1 N–H and O–H groups in total. The fourth-order valence-electron chi connectivity index (χ4n) is 0.995. The fourth-order valence-corrected chi connectivity index (χ4v) is 0.995. The molecule has 0 saturated heterocycles. The van der Waals surface area contributed by atoms with Crippen LogP contribution in [0.2, 0.25) is 0 Å². The second-order valence-corrected chi connectivity index (χ2v) is 3.44. The molecule has 0 aliphatic rings. The van der Waals surface area contributed by atoms with Crippen molar-refractivity contribution >= 4 is 11.8 Å². The Morgan fingerprint density at radius 3 is 2.50 bits per heavy atom. The number of hydrogen-bond donors (Lipinski definition) is 1. The van der Waals surface area contributed by atoms with E-state index in [-0.39, 0.29) is 5.78 Å². The normalized spacial score (nSPS) is 12.5. The quantitative estimate of drug-likeness (QED) is 0.532. The van der Waals surface area contributed by atoms with Crippen molar-refractivity contribution < 1.29 is 14.7 Å². The summed E-state index contributed by atoms with van der Waals surface area (Å²) < 4.78 is 0. The lowest BCUT2D eigenvalue weighted by Gasteiger charge is -1.91. The molecule has 3 heteroatoms. The van der Waals surface area contributed by atoms with E-state index in [9.17, 15) is 9.59 Å². The van der Waals surface area contributed by atoms with Gasteiger partial charge in [-0.3, -0.25) is 4.79 Å². The van der Waals surface area contributed by atoms with Crippen LogP contribution < -0.4 is 0 Å². The first-order valence-electron chi connectivity index (χ1n) is 5.32. The van der Waals surface area contributed by atoms with E-state index in [0.29, 0.717) is 12.8 Å². The lowest BCUT2D eigenvalue weighted by Crippen LogP contribution is -1.92. The van der Waals surface area contributed by atoms with Crippen molar-refractivity contribution in [3.63, 3.8) is 0 Å². The number of carbonyl (C=O) groups excluding carboxylic acids is 1. The molecule has 88 valence electrons. The van der Waals surface area contributed by atoms with Crippen LogP contribution in [0.15, 0.2) is 36.0 Å². The molecule has 0 atom stereocenters. The van der Waals surface area contributed by atoms with Gasteiger partial charge in [0.05, 0.1) is 0 Å². The zero-order chi connectivity index (χ0) is 12.4.